The van der Waals surface area contributed by atoms with Crippen LogP contribution in [0.1, 0.15) is 25.7 Å². The van der Waals surface area contributed by atoms with Gasteiger partial charge in [-0.15, -0.1) is 0 Å². The van der Waals surface area contributed by atoms with Crippen molar-refractivity contribution in [3.63, 3.8) is 0 Å². The van der Waals surface area contributed by atoms with Gasteiger partial charge in [-0.25, -0.2) is 4.39 Å². The third-order valence-electron chi connectivity index (χ3n) is 6.44. The van der Waals surface area contributed by atoms with E-state index in [9.17, 15) is 9.18 Å². The highest BCUT2D eigenvalue weighted by Gasteiger charge is 2.25. The Balaban J connectivity index is 1.34. The Hall–Kier alpha value is -2.90. The number of nitrogens with zero attached hydrogens (tertiary/aromatic N) is 3. The molecule has 2 fully saturated rings. The molecule has 0 unspecified atom stereocenters. The first-order valence-corrected chi connectivity index (χ1v) is 12.2. The maximum atomic E-state index is 13.4. The highest BCUT2D eigenvalue weighted by atomic mass is 35.5. The summed E-state index contributed by atoms with van der Waals surface area (Å²) in [5.41, 5.74) is 2.73. The summed E-state index contributed by atoms with van der Waals surface area (Å²) in [5, 5.41) is 7.72. The summed E-state index contributed by atoms with van der Waals surface area (Å²) in [6, 6.07) is 14.2. The number of hydrogen-bond acceptors (Lipinski definition) is 5. The Morgan fingerprint density at radius 2 is 1.76 bits per heavy atom. The van der Waals surface area contributed by atoms with Crippen LogP contribution in [0.4, 0.5) is 21.5 Å². The average molecular weight is 483 g/mol. The second kappa shape index (κ2) is 10.2. The zero-order valence-electron chi connectivity index (χ0n) is 18.9. The van der Waals surface area contributed by atoms with E-state index in [2.05, 4.69) is 15.3 Å². The number of halogens is 2. The number of nitrogens with one attached hydrogen (secondary N) is 1. The molecule has 2 aliphatic rings. The highest BCUT2D eigenvalue weighted by Crippen LogP contribution is 2.35. The van der Waals surface area contributed by atoms with E-state index >= 15 is 0 Å². The molecule has 1 saturated heterocycles. The minimum absolute atomic E-state index is 0.123. The van der Waals surface area contributed by atoms with Gasteiger partial charge in [-0.1, -0.05) is 11.6 Å². The highest BCUT2D eigenvalue weighted by molar-refractivity contribution is 6.32. The topological polar surface area (TPSA) is 59.4 Å². The van der Waals surface area contributed by atoms with Gasteiger partial charge in [0, 0.05) is 31.1 Å². The first-order valence-electron chi connectivity index (χ1n) is 11.8. The molecule has 2 heterocycles. The van der Waals surface area contributed by atoms with Crippen molar-refractivity contribution in [2.75, 3.05) is 36.5 Å². The molecule has 34 heavy (non-hydrogen) atoms. The van der Waals surface area contributed by atoms with Gasteiger partial charge >= 0.3 is 0 Å². The second-order valence-electron chi connectivity index (χ2n) is 9.10. The van der Waals surface area contributed by atoms with Crippen molar-refractivity contribution in [2.45, 2.75) is 25.7 Å². The Morgan fingerprint density at radius 3 is 2.41 bits per heavy atom. The van der Waals surface area contributed by atoms with E-state index in [1.165, 1.54) is 29.7 Å². The van der Waals surface area contributed by atoms with Gasteiger partial charge in [-0.3, -0.25) is 4.79 Å². The summed E-state index contributed by atoms with van der Waals surface area (Å²) in [6.45, 7) is 3.11. The lowest BCUT2D eigenvalue weighted by molar-refractivity contribution is 0.0595. The standard InChI is InChI=1S/C26H28ClFN4O2/c27-25-24(29-14-19-2-1-13-34-17-19)15-30-32(26(25)33)23-11-9-22(10-12-23)31(16-18-3-4-18)21-7-5-20(28)6-8-21/h5-12,15,18-19,29H,1-4,13-14,16-17H2/t19-/m1/s1. The Bertz CT molecular complexity index is 1170. The Kier molecular flexibility index (Phi) is 6.83. The number of benzene rings is 2. The third kappa shape index (κ3) is 5.26. The van der Waals surface area contributed by atoms with Crippen LogP contribution in [0.2, 0.25) is 5.02 Å². The van der Waals surface area contributed by atoms with Crippen molar-refractivity contribution >= 4 is 28.7 Å². The predicted molar refractivity (Wildman–Crippen MR) is 133 cm³/mol. The molecule has 0 radical (unpaired) electrons. The van der Waals surface area contributed by atoms with Gasteiger partial charge in [0.15, 0.2) is 0 Å². The first kappa shape index (κ1) is 22.9. The smallest absolute Gasteiger partial charge is 0.292 e. The van der Waals surface area contributed by atoms with Crippen LogP contribution in [0.3, 0.4) is 0 Å². The van der Waals surface area contributed by atoms with E-state index in [0.717, 1.165) is 44.0 Å². The van der Waals surface area contributed by atoms with Gasteiger partial charge in [-0.2, -0.15) is 9.78 Å². The van der Waals surface area contributed by atoms with Crippen LogP contribution < -0.4 is 15.8 Å². The number of hydrogen-bond donors (Lipinski definition) is 1. The molecule has 1 aliphatic carbocycles. The van der Waals surface area contributed by atoms with E-state index in [-0.39, 0.29) is 16.4 Å². The molecule has 0 amide bonds. The Morgan fingerprint density at radius 1 is 1.06 bits per heavy atom. The zero-order chi connectivity index (χ0) is 23.5. The molecule has 0 spiro atoms. The van der Waals surface area contributed by atoms with E-state index in [1.807, 2.05) is 24.3 Å². The lowest BCUT2D eigenvalue weighted by Crippen LogP contribution is -2.27. The maximum absolute atomic E-state index is 13.4. The van der Waals surface area contributed by atoms with Crippen molar-refractivity contribution in [3.8, 4) is 5.69 Å². The Labute approximate surface area is 203 Å². The molecule has 2 aromatic carbocycles. The number of anilines is 3. The number of ether oxygens (including phenoxy) is 1. The summed E-state index contributed by atoms with van der Waals surface area (Å²) < 4.78 is 20.3. The normalized spacial score (nSPS) is 18.0. The molecular formula is C26H28ClFN4O2. The fourth-order valence-corrected chi connectivity index (χ4v) is 4.47. The van der Waals surface area contributed by atoms with Crippen molar-refractivity contribution in [1.29, 1.82) is 0 Å². The molecule has 1 saturated carbocycles. The molecule has 1 N–H and O–H groups in total. The molecule has 1 aromatic heterocycles. The fourth-order valence-electron chi connectivity index (χ4n) is 4.28. The third-order valence-corrected chi connectivity index (χ3v) is 6.80. The van der Waals surface area contributed by atoms with Crippen molar-refractivity contribution < 1.29 is 9.13 Å². The molecule has 5 rings (SSSR count). The van der Waals surface area contributed by atoms with Crippen LogP contribution in [0.25, 0.3) is 5.69 Å². The van der Waals surface area contributed by atoms with Gasteiger partial charge in [0.05, 0.1) is 24.2 Å². The van der Waals surface area contributed by atoms with Crippen LogP contribution >= 0.6 is 11.6 Å². The molecule has 6 nitrogen and oxygen atoms in total. The quantitative estimate of drug-likeness (QED) is 0.465. The number of aromatic nitrogens is 2. The molecule has 0 bridgehead atoms. The summed E-state index contributed by atoms with van der Waals surface area (Å²) in [5.74, 6) is 0.797. The van der Waals surface area contributed by atoms with E-state index in [4.69, 9.17) is 16.3 Å². The van der Waals surface area contributed by atoms with E-state index < -0.39 is 0 Å². The molecule has 178 valence electrons. The van der Waals surface area contributed by atoms with Crippen molar-refractivity contribution in [2.24, 2.45) is 11.8 Å². The monoisotopic (exact) mass is 482 g/mol. The minimum atomic E-state index is -0.368. The first-order chi connectivity index (χ1) is 16.6. The van der Waals surface area contributed by atoms with Crippen molar-refractivity contribution in [1.82, 2.24) is 9.78 Å². The van der Waals surface area contributed by atoms with Gasteiger partial charge in [0.1, 0.15) is 10.8 Å². The van der Waals surface area contributed by atoms with Crippen LogP contribution in [-0.2, 0) is 4.74 Å². The zero-order valence-corrected chi connectivity index (χ0v) is 19.7. The summed E-state index contributed by atoms with van der Waals surface area (Å²) in [6.07, 6.45) is 6.16. The molecule has 3 aromatic rings. The fraction of sp³-hybridized carbons (Fsp3) is 0.385. The van der Waals surface area contributed by atoms with Gasteiger partial charge < -0.3 is 15.0 Å². The second-order valence-corrected chi connectivity index (χ2v) is 9.48. The predicted octanol–water partition coefficient (Wildman–Crippen LogP) is 5.41. The van der Waals surface area contributed by atoms with E-state index in [0.29, 0.717) is 29.8 Å². The van der Waals surface area contributed by atoms with Crippen LogP contribution in [0.15, 0.2) is 59.5 Å². The van der Waals surface area contributed by atoms with Crippen LogP contribution in [0.5, 0.6) is 0 Å². The SMILES string of the molecule is O=c1c(Cl)c(NC[C@H]2CCCOC2)cnn1-c1ccc(N(CC2CC2)c2ccc(F)cc2)cc1. The van der Waals surface area contributed by atoms with Crippen molar-refractivity contribution in [3.05, 3.63) is 75.9 Å². The minimum Gasteiger partial charge on any atom is -0.382 e. The average Bonchev–Trinajstić information content (AvgIpc) is 3.69. The van der Waals surface area contributed by atoms with Gasteiger partial charge in [-0.05, 0) is 86.1 Å². The van der Waals surface area contributed by atoms with Gasteiger partial charge in [0.2, 0.25) is 0 Å². The van der Waals surface area contributed by atoms with Crippen LogP contribution in [-0.4, -0.2) is 36.1 Å². The lowest BCUT2D eigenvalue weighted by atomic mass is 10.0. The molecular weight excluding hydrogens is 455 g/mol. The number of rotatable bonds is 8. The summed E-state index contributed by atoms with van der Waals surface area (Å²) in [4.78, 5) is 15.1. The molecule has 8 heteroatoms. The van der Waals surface area contributed by atoms with Crippen LogP contribution in [0, 0.1) is 17.7 Å². The van der Waals surface area contributed by atoms with E-state index in [1.54, 1.807) is 18.3 Å². The van der Waals surface area contributed by atoms with Gasteiger partial charge in [0.25, 0.3) is 5.56 Å². The summed E-state index contributed by atoms with van der Waals surface area (Å²) >= 11 is 6.40. The largest absolute Gasteiger partial charge is 0.382 e. The molecule has 1 atom stereocenters. The molecule has 1 aliphatic heterocycles. The summed E-state index contributed by atoms with van der Waals surface area (Å²) in [7, 11) is 0. The maximum Gasteiger partial charge on any atom is 0.292 e. The lowest BCUT2D eigenvalue weighted by Gasteiger charge is -2.25.